The van der Waals surface area contributed by atoms with Gasteiger partial charge in [-0.3, -0.25) is 4.79 Å². The molecule has 0 aliphatic carbocycles. The molecule has 0 radical (unpaired) electrons. The lowest BCUT2D eigenvalue weighted by molar-refractivity contribution is -0.320. The number of ether oxygens (including phenoxy) is 1. The van der Waals surface area contributed by atoms with E-state index in [-0.39, 0.29) is 19.4 Å². The van der Waals surface area contributed by atoms with E-state index in [9.17, 15) is 14.7 Å². The summed E-state index contributed by atoms with van der Waals surface area (Å²) in [5, 5.41) is 19.7. The summed E-state index contributed by atoms with van der Waals surface area (Å²) in [4.78, 5) is 22.9. The van der Waals surface area contributed by atoms with Crippen LogP contribution in [0.1, 0.15) is 33.6 Å². The lowest BCUT2D eigenvalue weighted by Crippen LogP contribution is -2.52. The molecule has 0 aliphatic heterocycles. The fourth-order valence-corrected chi connectivity index (χ4v) is 1.56. The van der Waals surface area contributed by atoms with Crippen LogP contribution in [0.25, 0.3) is 0 Å². The number of carboxylic acid groups (broad SMARTS) is 1. The first-order valence-corrected chi connectivity index (χ1v) is 5.19. The van der Waals surface area contributed by atoms with Gasteiger partial charge < -0.3 is 14.6 Å². The molecule has 0 saturated carbocycles. The fourth-order valence-electron chi connectivity index (χ4n) is 1.56. The number of carboxylic acids is 1. The Morgan fingerprint density at radius 3 is 2.38 bits per heavy atom. The molecular formula is C11H16NO4-. The summed E-state index contributed by atoms with van der Waals surface area (Å²) < 4.78 is 4.76. The third-order valence-electron chi connectivity index (χ3n) is 2.62. The predicted molar refractivity (Wildman–Crippen MR) is 53.8 cm³/mol. The van der Waals surface area contributed by atoms with Crippen molar-refractivity contribution in [2.75, 3.05) is 6.61 Å². The van der Waals surface area contributed by atoms with Gasteiger partial charge in [0.2, 0.25) is 0 Å². The Hall–Kier alpha value is -1.57. The van der Waals surface area contributed by atoms with Gasteiger partial charge in [0.15, 0.2) is 0 Å². The van der Waals surface area contributed by atoms with Crippen LogP contribution in [-0.4, -0.2) is 18.5 Å². The van der Waals surface area contributed by atoms with Crippen molar-refractivity contribution in [1.29, 1.82) is 5.26 Å². The van der Waals surface area contributed by atoms with Gasteiger partial charge in [0, 0.05) is 6.42 Å². The average molecular weight is 226 g/mol. The SMILES string of the molecule is CCOC(=O)C(CCC#N)(C(=O)[O-])C(C)C. The van der Waals surface area contributed by atoms with Crippen molar-refractivity contribution >= 4 is 11.9 Å². The number of esters is 1. The Bertz CT molecular complexity index is 306. The van der Waals surface area contributed by atoms with Gasteiger partial charge in [-0.25, -0.2) is 0 Å². The van der Waals surface area contributed by atoms with Crippen LogP contribution in [-0.2, 0) is 14.3 Å². The Morgan fingerprint density at radius 2 is 2.06 bits per heavy atom. The predicted octanol–water partition coefficient (Wildman–Crippen LogP) is 0.246. The zero-order valence-electron chi connectivity index (χ0n) is 9.78. The maximum Gasteiger partial charge on any atom is 0.318 e. The third kappa shape index (κ3) is 2.72. The number of rotatable bonds is 6. The van der Waals surface area contributed by atoms with E-state index in [1.54, 1.807) is 20.8 Å². The van der Waals surface area contributed by atoms with E-state index in [4.69, 9.17) is 10.00 Å². The molecule has 0 N–H and O–H groups in total. The van der Waals surface area contributed by atoms with E-state index in [0.717, 1.165) is 0 Å². The summed E-state index contributed by atoms with van der Waals surface area (Å²) >= 11 is 0. The minimum absolute atomic E-state index is 0.0228. The van der Waals surface area contributed by atoms with E-state index in [1.165, 1.54) is 0 Å². The van der Waals surface area contributed by atoms with Crippen molar-refractivity contribution in [3.8, 4) is 6.07 Å². The molecule has 0 fully saturated rings. The maximum atomic E-state index is 11.7. The molecule has 90 valence electrons. The second kappa shape index (κ2) is 6.11. The van der Waals surface area contributed by atoms with E-state index < -0.39 is 23.3 Å². The molecule has 5 nitrogen and oxygen atoms in total. The highest BCUT2D eigenvalue weighted by Gasteiger charge is 2.44. The highest BCUT2D eigenvalue weighted by molar-refractivity contribution is 5.98. The van der Waals surface area contributed by atoms with Crippen molar-refractivity contribution < 1.29 is 19.4 Å². The summed E-state index contributed by atoms with van der Waals surface area (Å²) in [5.74, 6) is -2.78. The van der Waals surface area contributed by atoms with Crippen molar-refractivity contribution in [3.63, 3.8) is 0 Å². The van der Waals surface area contributed by atoms with Gasteiger partial charge in [-0.15, -0.1) is 0 Å². The summed E-state index contributed by atoms with van der Waals surface area (Å²) in [6, 6.07) is 1.83. The Morgan fingerprint density at radius 1 is 1.50 bits per heavy atom. The molecule has 0 aromatic heterocycles. The zero-order valence-corrected chi connectivity index (χ0v) is 9.78. The van der Waals surface area contributed by atoms with E-state index in [1.807, 2.05) is 6.07 Å². The molecule has 0 bridgehead atoms. The molecule has 0 amide bonds. The first kappa shape index (κ1) is 14.4. The summed E-state index contributed by atoms with van der Waals surface area (Å²) in [7, 11) is 0. The molecule has 0 heterocycles. The quantitative estimate of drug-likeness (QED) is 0.478. The Labute approximate surface area is 95.0 Å². The number of hydrogen-bond donors (Lipinski definition) is 0. The normalized spacial score (nSPS) is 13.9. The van der Waals surface area contributed by atoms with E-state index in [2.05, 4.69) is 0 Å². The number of aliphatic carboxylic acids is 1. The van der Waals surface area contributed by atoms with Gasteiger partial charge in [0.05, 0.1) is 18.6 Å². The van der Waals surface area contributed by atoms with E-state index in [0.29, 0.717) is 0 Å². The second-order valence-corrected chi connectivity index (χ2v) is 3.79. The molecule has 1 atom stereocenters. The van der Waals surface area contributed by atoms with Crippen molar-refractivity contribution in [2.24, 2.45) is 11.3 Å². The number of nitrogens with zero attached hydrogens (tertiary/aromatic N) is 1. The third-order valence-corrected chi connectivity index (χ3v) is 2.62. The van der Waals surface area contributed by atoms with Crippen LogP contribution in [0.3, 0.4) is 0 Å². The molecule has 0 aliphatic rings. The van der Waals surface area contributed by atoms with Crippen molar-refractivity contribution in [2.45, 2.75) is 33.6 Å². The minimum Gasteiger partial charge on any atom is -0.549 e. The molecule has 16 heavy (non-hydrogen) atoms. The second-order valence-electron chi connectivity index (χ2n) is 3.79. The van der Waals surface area contributed by atoms with Crippen LogP contribution < -0.4 is 5.11 Å². The maximum absolute atomic E-state index is 11.7. The van der Waals surface area contributed by atoms with Gasteiger partial charge in [-0.2, -0.15) is 5.26 Å². The highest BCUT2D eigenvalue weighted by Crippen LogP contribution is 2.34. The first-order valence-electron chi connectivity index (χ1n) is 5.19. The lowest BCUT2D eigenvalue weighted by Gasteiger charge is -2.35. The number of hydrogen-bond acceptors (Lipinski definition) is 5. The van der Waals surface area contributed by atoms with E-state index >= 15 is 0 Å². The van der Waals surface area contributed by atoms with Gasteiger partial charge in [-0.1, -0.05) is 13.8 Å². The molecule has 0 aromatic carbocycles. The van der Waals surface area contributed by atoms with Crippen LogP contribution in [0.4, 0.5) is 0 Å². The molecule has 0 aromatic rings. The number of nitriles is 1. The summed E-state index contributed by atoms with van der Waals surface area (Å²) in [6.45, 7) is 4.91. The minimum atomic E-state index is -1.72. The Kier molecular flexibility index (Phi) is 5.51. The Balaban J connectivity index is 5.18. The monoisotopic (exact) mass is 226 g/mol. The van der Waals surface area contributed by atoms with Crippen LogP contribution in [0, 0.1) is 22.7 Å². The summed E-state index contributed by atoms with van der Waals surface area (Å²) in [6.07, 6.45) is -0.104. The first-order chi connectivity index (χ1) is 7.43. The summed E-state index contributed by atoms with van der Waals surface area (Å²) in [5.41, 5.74) is -1.72. The largest absolute Gasteiger partial charge is 0.549 e. The van der Waals surface area contributed by atoms with Gasteiger partial charge in [0.25, 0.3) is 0 Å². The molecule has 0 rings (SSSR count). The molecule has 0 saturated heterocycles. The molecular weight excluding hydrogens is 210 g/mol. The van der Waals surface area contributed by atoms with Crippen LogP contribution in [0.2, 0.25) is 0 Å². The smallest absolute Gasteiger partial charge is 0.318 e. The van der Waals surface area contributed by atoms with Crippen molar-refractivity contribution in [1.82, 2.24) is 0 Å². The van der Waals surface area contributed by atoms with Crippen LogP contribution in [0.5, 0.6) is 0 Å². The van der Waals surface area contributed by atoms with Crippen LogP contribution in [0.15, 0.2) is 0 Å². The fraction of sp³-hybridized carbons (Fsp3) is 0.727. The topological polar surface area (TPSA) is 90.2 Å². The zero-order chi connectivity index (χ0) is 12.8. The van der Waals surface area contributed by atoms with Gasteiger partial charge in [0.1, 0.15) is 5.41 Å². The standard InChI is InChI=1S/C11H17NO4/c1-4-16-10(15)11(8(2)3,9(13)14)6-5-7-12/h8H,4-6H2,1-3H3,(H,13,14)/p-1. The molecule has 0 spiro atoms. The number of carbonyl (C=O) groups excluding carboxylic acids is 2. The number of carbonyl (C=O) groups is 2. The molecule has 5 heteroatoms. The highest BCUT2D eigenvalue weighted by atomic mass is 16.5. The van der Waals surface area contributed by atoms with Gasteiger partial charge >= 0.3 is 5.97 Å². The molecule has 1 unspecified atom stereocenters. The van der Waals surface area contributed by atoms with Gasteiger partial charge in [-0.05, 0) is 19.3 Å². The van der Waals surface area contributed by atoms with Crippen molar-refractivity contribution in [3.05, 3.63) is 0 Å². The average Bonchev–Trinajstić information content (AvgIpc) is 2.18. The van der Waals surface area contributed by atoms with Crippen LogP contribution >= 0.6 is 0 Å². The lowest BCUT2D eigenvalue weighted by atomic mass is 9.73.